The van der Waals surface area contributed by atoms with E-state index < -0.39 is 5.91 Å². The SMILES string of the molecule is Nc1[nH]ncc1CNC(=O)c1c[nH]c(=O)cn1. The summed E-state index contributed by atoms with van der Waals surface area (Å²) in [6.45, 7) is 0.238. The molecule has 0 bridgehead atoms. The summed E-state index contributed by atoms with van der Waals surface area (Å²) in [5.74, 6) is 0.00146. The Balaban J connectivity index is 2.00. The minimum Gasteiger partial charge on any atom is -0.384 e. The maximum absolute atomic E-state index is 11.6. The summed E-state index contributed by atoms with van der Waals surface area (Å²) in [4.78, 5) is 28.4. The molecule has 8 heteroatoms. The first-order valence-corrected chi connectivity index (χ1v) is 4.77. The molecule has 0 aliphatic rings. The summed E-state index contributed by atoms with van der Waals surface area (Å²) in [5, 5.41) is 8.87. The van der Waals surface area contributed by atoms with E-state index in [0.717, 1.165) is 6.20 Å². The summed E-state index contributed by atoms with van der Waals surface area (Å²) < 4.78 is 0. The van der Waals surface area contributed by atoms with Crippen molar-refractivity contribution >= 4 is 11.7 Å². The number of H-pyrrole nitrogens is 2. The number of anilines is 1. The van der Waals surface area contributed by atoms with Gasteiger partial charge in [-0.15, -0.1) is 0 Å². The van der Waals surface area contributed by atoms with E-state index in [2.05, 4.69) is 25.5 Å². The average Bonchev–Trinajstić information content (AvgIpc) is 2.73. The van der Waals surface area contributed by atoms with Gasteiger partial charge in [0.25, 0.3) is 11.5 Å². The number of hydrogen-bond donors (Lipinski definition) is 4. The highest BCUT2D eigenvalue weighted by atomic mass is 16.2. The van der Waals surface area contributed by atoms with Gasteiger partial charge < -0.3 is 16.0 Å². The number of carbonyl (C=O) groups excluding carboxylic acids is 1. The maximum atomic E-state index is 11.6. The first kappa shape index (κ1) is 10.9. The van der Waals surface area contributed by atoms with Crippen LogP contribution in [0.4, 0.5) is 5.82 Å². The van der Waals surface area contributed by atoms with Crippen molar-refractivity contribution in [3.8, 4) is 0 Å². The fourth-order valence-electron chi connectivity index (χ4n) is 1.19. The molecule has 5 N–H and O–H groups in total. The fraction of sp³-hybridized carbons (Fsp3) is 0.111. The third kappa shape index (κ3) is 2.48. The van der Waals surface area contributed by atoms with Crippen LogP contribution in [-0.2, 0) is 6.54 Å². The van der Waals surface area contributed by atoms with Gasteiger partial charge in [0.05, 0.1) is 12.4 Å². The molecule has 2 heterocycles. The van der Waals surface area contributed by atoms with Gasteiger partial charge >= 0.3 is 0 Å². The topological polar surface area (TPSA) is 130 Å². The van der Waals surface area contributed by atoms with Crippen LogP contribution >= 0.6 is 0 Å². The van der Waals surface area contributed by atoms with Crippen molar-refractivity contribution in [2.24, 2.45) is 0 Å². The summed E-state index contributed by atoms with van der Waals surface area (Å²) in [7, 11) is 0. The molecule has 2 rings (SSSR count). The Kier molecular flexibility index (Phi) is 2.86. The Morgan fingerprint density at radius 1 is 1.47 bits per heavy atom. The lowest BCUT2D eigenvalue weighted by atomic mass is 10.3. The Morgan fingerprint density at radius 2 is 2.29 bits per heavy atom. The van der Waals surface area contributed by atoms with Gasteiger partial charge in [0.15, 0.2) is 0 Å². The predicted octanol–water partition coefficient (Wildman–Crippen LogP) is -0.995. The molecule has 0 saturated heterocycles. The monoisotopic (exact) mass is 234 g/mol. The molecule has 0 aliphatic carbocycles. The molecule has 1 amide bonds. The highest BCUT2D eigenvalue weighted by Gasteiger charge is 2.08. The van der Waals surface area contributed by atoms with E-state index in [9.17, 15) is 9.59 Å². The molecule has 0 aromatic carbocycles. The second-order valence-corrected chi connectivity index (χ2v) is 3.29. The molecule has 2 aromatic rings. The molecule has 0 saturated carbocycles. The number of rotatable bonds is 3. The molecular formula is C9H10N6O2. The minimum absolute atomic E-state index is 0.131. The zero-order chi connectivity index (χ0) is 12.3. The van der Waals surface area contributed by atoms with Gasteiger partial charge in [-0.1, -0.05) is 0 Å². The Labute approximate surface area is 95.3 Å². The van der Waals surface area contributed by atoms with Gasteiger partial charge in [0.2, 0.25) is 0 Å². The van der Waals surface area contributed by atoms with E-state index in [1.807, 2.05) is 0 Å². The van der Waals surface area contributed by atoms with Crippen LogP contribution < -0.4 is 16.6 Å². The molecule has 0 spiro atoms. The smallest absolute Gasteiger partial charge is 0.271 e. The first-order valence-electron chi connectivity index (χ1n) is 4.77. The Hall–Kier alpha value is -2.64. The molecule has 0 radical (unpaired) electrons. The van der Waals surface area contributed by atoms with Crippen LogP contribution in [0.3, 0.4) is 0 Å². The van der Waals surface area contributed by atoms with Gasteiger partial charge in [-0.3, -0.25) is 14.7 Å². The standard InChI is InChI=1S/C9H10N6O2/c10-8-5(2-14-15-8)1-13-9(17)6-3-12-7(16)4-11-6/h2-4H,1H2,(H,12,16)(H,13,17)(H3,10,14,15). The van der Waals surface area contributed by atoms with E-state index in [0.29, 0.717) is 11.4 Å². The number of aromatic amines is 2. The molecule has 0 aliphatic heterocycles. The minimum atomic E-state index is -0.401. The number of aromatic nitrogens is 4. The van der Waals surface area contributed by atoms with Crippen LogP contribution in [0.25, 0.3) is 0 Å². The van der Waals surface area contributed by atoms with Gasteiger partial charge in [-0.05, 0) is 0 Å². The van der Waals surface area contributed by atoms with E-state index >= 15 is 0 Å². The maximum Gasteiger partial charge on any atom is 0.271 e. The van der Waals surface area contributed by atoms with Gasteiger partial charge in [0, 0.05) is 18.3 Å². The van der Waals surface area contributed by atoms with Crippen molar-refractivity contribution in [3.05, 3.63) is 40.2 Å². The lowest BCUT2D eigenvalue weighted by Gasteiger charge is -2.02. The predicted molar refractivity (Wildman–Crippen MR) is 59.0 cm³/mol. The van der Waals surface area contributed by atoms with E-state index in [-0.39, 0.29) is 17.8 Å². The average molecular weight is 234 g/mol. The number of amides is 1. The largest absolute Gasteiger partial charge is 0.384 e. The van der Waals surface area contributed by atoms with E-state index in [1.54, 1.807) is 0 Å². The van der Waals surface area contributed by atoms with Crippen LogP contribution in [0.2, 0.25) is 0 Å². The Bertz CT molecular complexity index is 567. The van der Waals surface area contributed by atoms with Crippen molar-refractivity contribution < 1.29 is 4.79 Å². The van der Waals surface area contributed by atoms with Crippen LogP contribution in [0, 0.1) is 0 Å². The number of nitrogens with two attached hydrogens (primary N) is 1. The van der Waals surface area contributed by atoms with Crippen LogP contribution in [0.1, 0.15) is 16.1 Å². The lowest BCUT2D eigenvalue weighted by Crippen LogP contribution is -2.25. The van der Waals surface area contributed by atoms with Gasteiger partial charge in [-0.25, -0.2) is 4.98 Å². The zero-order valence-electron chi connectivity index (χ0n) is 8.73. The third-order valence-electron chi connectivity index (χ3n) is 2.10. The fourth-order valence-corrected chi connectivity index (χ4v) is 1.19. The molecule has 88 valence electrons. The summed E-state index contributed by atoms with van der Waals surface area (Å²) in [5.41, 5.74) is 6.01. The quantitative estimate of drug-likeness (QED) is 0.541. The molecular weight excluding hydrogens is 224 g/mol. The number of nitrogen functional groups attached to an aromatic ring is 1. The second kappa shape index (κ2) is 4.47. The van der Waals surface area contributed by atoms with Crippen molar-refractivity contribution in [3.63, 3.8) is 0 Å². The third-order valence-corrected chi connectivity index (χ3v) is 2.10. The number of hydrogen-bond acceptors (Lipinski definition) is 5. The van der Waals surface area contributed by atoms with Crippen molar-refractivity contribution in [1.29, 1.82) is 0 Å². The highest BCUT2D eigenvalue weighted by molar-refractivity contribution is 5.91. The zero-order valence-corrected chi connectivity index (χ0v) is 8.73. The molecule has 17 heavy (non-hydrogen) atoms. The molecule has 0 atom stereocenters. The number of carbonyl (C=O) groups is 1. The Morgan fingerprint density at radius 3 is 2.88 bits per heavy atom. The van der Waals surface area contributed by atoms with Crippen molar-refractivity contribution in [2.45, 2.75) is 6.54 Å². The molecule has 0 fully saturated rings. The van der Waals surface area contributed by atoms with Crippen molar-refractivity contribution in [1.82, 2.24) is 25.5 Å². The summed E-state index contributed by atoms with van der Waals surface area (Å²) >= 11 is 0. The second-order valence-electron chi connectivity index (χ2n) is 3.29. The molecule has 8 nitrogen and oxygen atoms in total. The number of nitrogens with zero attached hydrogens (tertiary/aromatic N) is 2. The normalized spacial score (nSPS) is 10.1. The summed E-state index contributed by atoms with van der Waals surface area (Å²) in [6.07, 6.45) is 3.81. The lowest BCUT2D eigenvalue weighted by molar-refractivity contribution is 0.0945. The molecule has 0 unspecified atom stereocenters. The van der Waals surface area contributed by atoms with E-state index in [1.165, 1.54) is 12.4 Å². The number of nitrogens with one attached hydrogen (secondary N) is 3. The van der Waals surface area contributed by atoms with E-state index in [4.69, 9.17) is 5.73 Å². The molecule has 2 aromatic heterocycles. The highest BCUT2D eigenvalue weighted by Crippen LogP contribution is 2.04. The summed E-state index contributed by atoms with van der Waals surface area (Å²) in [6, 6.07) is 0. The first-order chi connectivity index (χ1) is 8.16. The van der Waals surface area contributed by atoms with Crippen LogP contribution in [0.5, 0.6) is 0 Å². The van der Waals surface area contributed by atoms with Crippen molar-refractivity contribution in [2.75, 3.05) is 5.73 Å². The van der Waals surface area contributed by atoms with Gasteiger partial charge in [0.1, 0.15) is 11.5 Å². The van der Waals surface area contributed by atoms with Gasteiger partial charge in [-0.2, -0.15) is 5.10 Å². The van der Waals surface area contributed by atoms with Crippen LogP contribution in [0.15, 0.2) is 23.4 Å². The van der Waals surface area contributed by atoms with Crippen LogP contribution in [-0.4, -0.2) is 26.1 Å².